The molecule has 9 heteroatoms. The molecule has 1 atom stereocenters. The number of hydrogen-bond donors (Lipinski definition) is 2. The lowest BCUT2D eigenvalue weighted by atomic mass is 10.1. The Labute approximate surface area is 183 Å². The minimum Gasteiger partial charge on any atom is -0.465 e. The highest BCUT2D eigenvalue weighted by Crippen LogP contribution is 2.17. The lowest BCUT2D eigenvalue weighted by Crippen LogP contribution is -2.52. The molecule has 0 aromatic heterocycles. The molecule has 31 heavy (non-hydrogen) atoms. The molecule has 1 aliphatic heterocycles. The van der Waals surface area contributed by atoms with E-state index in [2.05, 4.69) is 5.43 Å². The van der Waals surface area contributed by atoms with Gasteiger partial charge in [0.15, 0.2) is 0 Å². The van der Waals surface area contributed by atoms with Gasteiger partial charge in [-0.3, -0.25) is 10.2 Å². The van der Waals surface area contributed by atoms with E-state index >= 15 is 0 Å². The number of rotatable bonds is 9. The summed E-state index contributed by atoms with van der Waals surface area (Å²) in [4.78, 5) is 37.1. The third-order valence-corrected chi connectivity index (χ3v) is 4.63. The number of carboxylic acid groups (broad SMARTS) is 1. The summed E-state index contributed by atoms with van der Waals surface area (Å²) in [6.45, 7) is 6.06. The van der Waals surface area contributed by atoms with Gasteiger partial charge in [0.2, 0.25) is 5.91 Å². The van der Waals surface area contributed by atoms with Gasteiger partial charge in [-0.25, -0.2) is 9.59 Å². The maximum Gasteiger partial charge on any atom is 0.407 e. The van der Waals surface area contributed by atoms with Gasteiger partial charge >= 0.3 is 12.1 Å². The second-order valence-corrected chi connectivity index (χ2v) is 8.52. The molecular formula is C22H33N3O6. The number of ether oxygens (including phenoxy) is 2. The van der Waals surface area contributed by atoms with Crippen LogP contribution in [0.25, 0.3) is 0 Å². The molecule has 1 aromatic rings. The average molecular weight is 436 g/mol. The Morgan fingerprint density at radius 3 is 2.55 bits per heavy atom. The molecule has 2 N–H and O–H groups in total. The number of benzene rings is 1. The van der Waals surface area contributed by atoms with Gasteiger partial charge in [0, 0.05) is 26.1 Å². The number of amides is 2. The number of esters is 1. The third-order valence-electron chi connectivity index (χ3n) is 4.63. The van der Waals surface area contributed by atoms with Crippen molar-refractivity contribution in [1.82, 2.24) is 15.3 Å². The Hall–Kier alpha value is -2.65. The van der Waals surface area contributed by atoms with E-state index in [1.54, 1.807) is 25.8 Å². The Bertz CT molecular complexity index is 735. The van der Waals surface area contributed by atoms with Crippen LogP contribution < -0.4 is 5.43 Å². The van der Waals surface area contributed by atoms with Gasteiger partial charge in [0.25, 0.3) is 0 Å². The Morgan fingerprint density at radius 2 is 1.90 bits per heavy atom. The highest BCUT2D eigenvalue weighted by molar-refractivity contribution is 5.76. The molecule has 0 saturated carbocycles. The van der Waals surface area contributed by atoms with Crippen LogP contribution in [0.5, 0.6) is 0 Å². The van der Waals surface area contributed by atoms with Crippen molar-refractivity contribution in [1.29, 1.82) is 0 Å². The maximum atomic E-state index is 12.4. The second-order valence-electron chi connectivity index (χ2n) is 8.52. The predicted octanol–water partition coefficient (Wildman–Crippen LogP) is 2.76. The molecule has 1 fully saturated rings. The standard InChI is InChI=1S/C22H33N3O6/c1-22(2,3)31-20(27)16-30-19-11-7-8-13-25(19)23-18(26)12-14-24(21(28)29)15-17-9-5-4-6-10-17/h4-6,9-10,19H,7-8,11-16H2,1-3H3,(H,23,26)(H,28,29). The summed E-state index contributed by atoms with van der Waals surface area (Å²) in [6.07, 6.45) is 1.02. The van der Waals surface area contributed by atoms with Crippen molar-refractivity contribution >= 4 is 18.0 Å². The SMILES string of the molecule is CC(C)(C)OC(=O)COC1CCCCN1NC(=O)CCN(Cc1ccccc1)C(=O)O. The van der Waals surface area contributed by atoms with Crippen LogP contribution in [0.3, 0.4) is 0 Å². The quantitative estimate of drug-likeness (QED) is 0.574. The van der Waals surface area contributed by atoms with Crippen LogP contribution in [-0.4, -0.2) is 64.5 Å². The molecule has 0 spiro atoms. The van der Waals surface area contributed by atoms with Crippen molar-refractivity contribution in [2.75, 3.05) is 19.7 Å². The van der Waals surface area contributed by atoms with Crippen LogP contribution in [0.4, 0.5) is 4.79 Å². The van der Waals surface area contributed by atoms with Gasteiger partial charge in [0.05, 0.1) is 0 Å². The van der Waals surface area contributed by atoms with Gasteiger partial charge in [-0.15, -0.1) is 0 Å². The fourth-order valence-corrected chi connectivity index (χ4v) is 3.24. The Balaban J connectivity index is 1.82. The summed E-state index contributed by atoms with van der Waals surface area (Å²) < 4.78 is 10.9. The summed E-state index contributed by atoms with van der Waals surface area (Å²) in [6, 6.07) is 9.24. The van der Waals surface area contributed by atoms with E-state index in [4.69, 9.17) is 9.47 Å². The fraction of sp³-hybridized carbons (Fsp3) is 0.591. The van der Waals surface area contributed by atoms with E-state index in [0.29, 0.717) is 13.0 Å². The predicted molar refractivity (Wildman–Crippen MR) is 114 cm³/mol. The molecule has 0 radical (unpaired) electrons. The average Bonchev–Trinajstić information content (AvgIpc) is 2.69. The number of piperidine rings is 1. The summed E-state index contributed by atoms with van der Waals surface area (Å²) in [5.41, 5.74) is 3.07. The molecule has 1 saturated heterocycles. The van der Waals surface area contributed by atoms with Crippen LogP contribution in [0.1, 0.15) is 52.0 Å². The smallest absolute Gasteiger partial charge is 0.407 e. The summed E-state index contributed by atoms with van der Waals surface area (Å²) in [7, 11) is 0. The molecule has 2 rings (SSSR count). The maximum absolute atomic E-state index is 12.4. The second kappa shape index (κ2) is 11.7. The van der Waals surface area contributed by atoms with Crippen molar-refractivity contribution in [3.8, 4) is 0 Å². The minimum absolute atomic E-state index is 0.0222. The van der Waals surface area contributed by atoms with Crippen molar-refractivity contribution in [2.24, 2.45) is 0 Å². The van der Waals surface area contributed by atoms with Crippen molar-refractivity contribution in [3.05, 3.63) is 35.9 Å². The first-order valence-electron chi connectivity index (χ1n) is 10.6. The van der Waals surface area contributed by atoms with E-state index in [1.807, 2.05) is 30.3 Å². The number of nitrogens with zero attached hydrogens (tertiary/aromatic N) is 2. The van der Waals surface area contributed by atoms with Crippen molar-refractivity contribution in [3.63, 3.8) is 0 Å². The van der Waals surface area contributed by atoms with Crippen LogP contribution in [-0.2, 0) is 25.6 Å². The molecule has 2 amide bonds. The van der Waals surface area contributed by atoms with Gasteiger partial charge < -0.3 is 19.5 Å². The first-order chi connectivity index (χ1) is 14.6. The van der Waals surface area contributed by atoms with Gasteiger partial charge in [-0.2, -0.15) is 5.01 Å². The normalized spacial score (nSPS) is 17.1. The van der Waals surface area contributed by atoms with E-state index < -0.39 is 23.9 Å². The molecule has 0 aliphatic carbocycles. The summed E-state index contributed by atoms with van der Waals surface area (Å²) >= 11 is 0. The minimum atomic E-state index is -1.08. The van der Waals surface area contributed by atoms with Gasteiger partial charge in [-0.1, -0.05) is 30.3 Å². The van der Waals surface area contributed by atoms with E-state index in [-0.39, 0.29) is 32.0 Å². The molecule has 1 aliphatic rings. The number of hydrogen-bond acceptors (Lipinski definition) is 6. The number of hydrazine groups is 1. The Morgan fingerprint density at radius 1 is 1.19 bits per heavy atom. The molecule has 1 heterocycles. The lowest BCUT2D eigenvalue weighted by Gasteiger charge is -2.35. The summed E-state index contributed by atoms with van der Waals surface area (Å²) in [5.74, 6) is -0.755. The Kier molecular flexibility index (Phi) is 9.26. The van der Waals surface area contributed by atoms with Crippen LogP contribution >= 0.6 is 0 Å². The zero-order valence-electron chi connectivity index (χ0n) is 18.5. The monoisotopic (exact) mass is 435 g/mol. The topological polar surface area (TPSA) is 108 Å². The zero-order chi connectivity index (χ0) is 22.9. The number of nitrogens with one attached hydrogen (secondary N) is 1. The zero-order valence-corrected chi connectivity index (χ0v) is 18.5. The van der Waals surface area contributed by atoms with Crippen LogP contribution in [0.15, 0.2) is 30.3 Å². The van der Waals surface area contributed by atoms with Crippen LogP contribution in [0, 0.1) is 0 Å². The lowest BCUT2D eigenvalue weighted by molar-refractivity contribution is -0.172. The van der Waals surface area contributed by atoms with E-state index in [1.165, 1.54) is 4.90 Å². The van der Waals surface area contributed by atoms with Gasteiger partial charge in [-0.05, 0) is 45.6 Å². The highest BCUT2D eigenvalue weighted by Gasteiger charge is 2.26. The molecular weight excluding hydrogens is 402 g/mol. The largest absolute Gasteiger partial charge is 0.465 e. The molecule has 1 unspecified atom stereocenters. The third kappa shape index (κ3) is 9.35. The highest BCUT2D eigenvalue weighted by atomic mass is 16.6. The van der Waals surface area contributed by atoms with Gasteiger partial charge in [0.1, 0.15) is 18.4 Å². The first kappa shape index (κ1) is 24.6. The summed E-state index contributed by atoms with van der Waals surface area (Å²) in [5, 5.41) is 11.1. The fourth-order valence-electron chi connectivity index (χ4n) is 3.24. The molecule has 1 aromatic carbocycles. The first-order valence-corrected chi connectivity index (χ1v) is 10.6. The number of carbonyl (C=O) groups excluding carboxylic acids is 2. The molecule has 9 nitrogen and oxygen atoms in total. The van der Waals surface area contributed by atoms with E-state index in [0.717, 1.165) is 18.4 Å². The number of carbonyl (C=O) groups is 3. The van der Waals surface area contributed by atoms with Crippen molar-refractivity contribution in [2.45, 2.75) is 64.8 Å². The van der Waals surface area contributed by atoms with Crippen molar-refractivity contribution < 1.29 is 29.0 Å². The molecule has 172 valence electrons. The molecule has 0 bridgehead atoms. The van der Waals surface area contributed by atoms with E-state index in [9.17, 15) is 19.5 Å². The van der Waals surface area contributed by atoms with Crippen LogP contribution in [0.2, 0.25) is 0 Å².